The van der Waals surface area contributed by atoms with Crippen LogP contribution in [0.25, 0.3) is 0 Å². The van der Waals surface area contributed by atoms with E-state index in [2.05, 4.69) is 0 Å². The minimum absolute atomic E-state index is 0.00315. The molecule has 2 saturated heterocycles. The molecule has 0 spiro atoms. The molecular formula is C43H47NO11S. The van der Waals surface area contributed by atoms with Crippen LogP contribution in [0.4, 0.5) is 0 Å². The molecule has 3 aliphatic rings. The Labute approximate surface area is 330 Å². The molecule has 10 atom stereocenters. The van der Waals surface area contributed by atoms with E-state index in [1.165, 1.54) is 16.7 Å². The van der Waals surface area contributed by atoms with Gasteiger partial charge in [-0.3, -0.25) is 14.5 Å². The van der Waals surface area contributed by atoms with Crippen LogP contribution in [0.5, 0.6) is 0 Å². The number of aliphatic hydroxyl groups excluding tert-OH is 3. The van der Waals surface area contributed by atoms with Gasteiger partial charge < -0.3 is 43.7 Å². The quantitative estimate of drug-likeness (QED) is 0.139. The lowest BCUT2D eigenvalue weighted by molar-refractivity contribution is -0.343. The molecular weight excluding hydrogens is 739 g/mol. The Morgan fingerprint density at radius 3 is 1.70 bits per heavy atom. The Bertz CT molecular complexity index is 1840. The van der Waals surface area contributed by atoms with Crippen LogP contribution in [0.15, 0.2) is 115 Å². The normalized spacial score (nSPS) is 29.0. The molecule has 2 fully saturated rings. The highest BCUT2D eigenvalue weighted by Gasteiger charge is 2.57. The second kappa shape index (κ2) is 19.0. The minimum atomic E-state index is -1.54. The number of fused-ring (bicyclic) bond motifs is 1. The molecule has 0 radical (unpaired) electrons. The molecule has 0 unspecified atom stereocenters. The van der Waals surface area contributed by atoms with Crippen LogP contribution < -0.4 is 0 Å². The molecule has 7 rings (SSSR count). The molecule has 4 aromatic carbocycles. The number of hydrogen-bond donors (Lipinski definition) is 3. The molecule has 4 aromatic rings. The third-order valence-corrected chi connectivity index (χ3v) is 11.2. The standard InChI is InChI=1S/C43H47NO11S/c1-2-56-43-34(44-40(48)30-20-12-13-21-31(30)41(44)49)38(51-24-28-16-8-4-9-17-28)37(33(54-43)26-50-23-27-14-6-3-7-15-27)55-42-36(47)39(35(46)32(22-45)53-42)52-25-29-18-10-5-11-19-29/h3-21,32-39,42-43,45-47H,2,22-26H2,1H3/t32-,33-,34+,35-,36-,37-,38-,39+,42+,43+/m1/s1. The molecule has 0 aromatic heterocycles. The first-order valence-corrected chi connectivity index (χ1v) is 19.9. The molecule has 13 heteroatoms. The maximum atomic E-state index is 14.2. The number of aliphatic hydroxyl groups is 3. The number of amides is 2. The number of benzene rings is 4. The summed E-state index contributed by atoms with van der Waals surface area (Å²) < 4.78 is 38.6. The number of rotatable bonds is 16. The number of ether oxygens (including phenoxy) is 6. The molecule has 3 aliphatic heterocycles. The Kier molecular flexibility index (Phi) is 13.6. The average molecular weight is 786 g/mol. The molecule has 0 aliphatic carbocycles. The van der Waals surface area contributed by atoms with E-state index in [4.69, 9.17) is 28.4 Å². The van der Waals surface area contributed by atoms with Crippen LogP contribution >= 0.6 is 11.8 Å². The van der Waals surface area contributed by atoms with Crippen LogP contribution in [0, 0.1) is 0 Å². The highest BCUT2D eigenvalue weighted by Crippen LogP contribution is 2.40. The van der Waals surface area contributed by atoms with Crippen LogP contribution in [0.2, 0.25) is 0 Å². The number of carbonyl (C=O) groups is 2. The van der Waals surface area contributed by atoms with Crippen molar-refractivity contribution >= 4 is 23.6 Å². The predicted octanol–water partition coefficient (Wildman–Crippen LogP) is 4.34. The SMILES string of the molecule is CCS[C@@H]1O[C@H](COCc2ccccc2)[C@@H](O[C@@H]2O[C@H](CO)[C@@H](O)[C@H](OCc3ccccc3)[C@H]2O)[C@H](OCc2ccccc2)[C@@H]1N1C(=O)c2ccccc2C1=O. The third kappa shape index (κ3) is 8.93. The van der Waals surface area contributed by atoms with Gasteiger partial charge in [0.05, 0.1) is 44.2 Å². The van der Waals surface area contributed by atoms with Gasteiger partial charge in [-0.2, -0.15) is 0 Å². The summed E-state index contributed by atoms with van der Waals surface area (Å²) in [5.74, 6) is -0.392. The van der Waals surface area contributed by atoms with Gasteiger partial charge in [-0.15, -0.1) is 11.8 Å². The predicted molar refractivity (Wildman–Crippen MR) is 206 cm³/mol. The third-order valence-electron chi connectivity index (χ3n) is 10.1. The Morgan fingerprint density at radius 2 is 1.16 bits per heavy atom. The lowest BCUT2D eigenvalue weighted by atomic mass is 9.94. The van der Waals surface area contributed by atoms with E-state index in [9.17, 15) is 24.9 Å². The maximum absolute atomic E-state index is 14.2. The summed E-state index contributed by atoms with van der Waals surface area (Å²) in [6, 6.07) is 34.1. The van der Waals surface area contributed by atoms with Crippen LogP contribution in [-0.2, 0) is 48.2 Å². The lowest BCUT2D eigenvalue weighted by Gasteiger charge is -2.50. The smallest absolute Gasteiger partial charge is 0.262 e. The summed E-state index contributed by atoms with van der Waals surface area (Å²) >= 11 is 1.42. The second-order valence-electron chi connectivity index (χ2n) is 13.8. The number of thioether (sulfide) groups is 1. The van der Waals surface area contributed by atoms with E-state index >= 15 is 0 Å². The van der Waals surface area contributed by atoms with Crippen molar-refractivity contribution in [3.63, 3.8) is 0 Å². The summed E-state index contributed by atoms with van der Waals surface area (Å²) in [5.41, 5.74) is 2.36. The van der Waals surface area contributed by atoms with Crippen molar-refractivity contribution < 1.29 is 53.3 Å². The molecule has 0 bridgehead atoms. The van der Waals surface area contributed by atoms with Gasteiger partial charge in [0.25, 0.3) is 11.8 Å². The first-order chi connectivity index (χ1) is 27.4. The molecule has 2 amide bonds. The Morgan fingerprint density at radius 1 is 0.643 bits per heavy atom. The molecule has 3 heterocycles. The number of nitrogens with zero attached hydrogens (tertiary/aromatic N) is 1. The Balaban J connectivity index is 1.25. The van der Waals surface area contributed by atoms with Gasteiger partial charge in [-0.1, -0.05) is 110 Å². The van der Waals surface area contributed by atoms with Crippen molar-refractivity contribution in [2.24, 2.45) is 0 Å². The van der Waals surface area contributed by atoms with E-state index in [1.807, 2.05) is 97.9 Å². The van der Waals surface area contributed by atoms with Gasteiger partial charge in [0.15, 0.2) is 6.29 Å². The van der Waals surface area contributed by atoms with Gasteiger partial charge in [0, 0.05) is 0 Å². The first kappa shape index (κ1) is 40.2. The monoisotopic (exact) mass is 785 g/mol. The number of hydrogen-bond acceptors (Lipinski definition) is 12. The summed E-state index contributed by atoms with van der Waals surface area (Å²) in [6.45, 7) is 1.77. The van der Waals surface area contributed by atoms with E-state index in [-0.39, 0.29) is 37.6 Å². The fraction of sp³-hybridized carbons (Fsp3) is 0.395. The summed E-state index contributed by atoms with van der Waals surface area (Å²) in [6.07, 6.45) is -9.84. The van der Waals surface area contributed by atoms with Crippen LogP contribution in [0.3, 0.4) is 0 Å². The molecule has 296 valence electrons. The summed E-state index contributed by atoms with van der Waals surface area (Å²) in [7, 11) is 0. The molecule has 56 heavy (non-hydrogen) atoms. The molecule has 12 nitrogen and oxygen atoms in total. The second-order valence-corrected chi connectivity index (χ2v) is 15.2. The Hall–Kier alpha value is -3.99. The zero-order chi connectivity index (χ0) is 39.0. The van der Waals surface area contributed by atoms with Crippen molar-refractivity contribution in [3.05, 3.63) is 143 Å². The van der Waals surface area contributed by atoms with Crippen molar-refractivity contribution in [3.8, 4) is 0 Å². The summed E-state index contributed by atoms with van der Waals surface area (Å²) in [5, 5.41) is 33.3. The fourth-order valence-electron chi connectivity index (χ4n) is 7.35. The van der Waals surface area contributed by atoms with E-state index in [0.717, 1.165) is 16.7 Å². The van der Waals surface area contributed by atoms with Crippen molar-refractivity contribution in [2.75, 3.05) is 19.0 Å². The fourth-order valence-corrected chi connectivity index (χ4v) is 8.37. The lowest BCUT2D eigenvalue weighted by Crippen LogP contribution is -2.68. The van der Waals surface area contributed by atoms with Gasteiger partial charge in [-0.25, -0.2) is 0 Å². The van der Waals surface area contributed by atoms with Gasteiger partial charge in [0.1, 0.15) is 54.2 Å². The highest BCUT2D eigenvalue weighted by atomic mass is 32.2. The highest BCUT2D eigenvalue weighted by molar-refractivity contribution is 7.99. The largest absolute Gasteiger partial charge is 0.394 e. The van der Waals surface area contributed by atoms with Gasteiger partial charge >= 0.3 is 0 Å². The first-order valence-electron chi connectivity index (χ1n) is 18.8. The van der Waals surface area contributed by atoms with Crippen molar-refractivity contribution in [2.45, 2.75) is 87.2 Å². The van der Waals surface area contributed by atoms with Crippen molar-refractivity contribution in [1.29, 1.82) is 0 Å². The maximum Gasteiger partial charge on any atom is 0.262 e. The molecule has 3 N–H and O–H groups in total. The van der Waals surface area contributed by atoms with E-state index < -0.39 is 78.9 Å². The topological polar surface area (TPSA) is 153 Å². The number of imide groups is 1. The van der Waals surface area contributed by atoms with Crippen molar-refractivity contribution in [1.82, 2.24) is 4.90 Å². The molecule has 0 saturated carbocycles. The average Bonchev–Trinajstić information content (AvgIpc) is 3.48. The van der Waals surface area contributed by atoms with Gasteiger partial charge in [0.2, 0.25) is 0 Å². The summed E-state index contributed by atoms with van der Waals surface area (Å²) in [4.78, 5) is 29.5. The van der Waals surface area contributed by atoms with Crippen LogP contribution in [-0.4, -0.2) is 111 Å². The van der Waals surface area contributed by atoms with E-state index in [1.54, 1.807) is 24.3 Å². The zero-order valence-corrected chi connectivity index (χ0v) is 31.8. The zero-order valence-electron chi connectivity index (χ0n) is 30.9. The van der Waals surface area contributed by atoms with Gasteiger partial charge in [-0.05, 0) is 34.6 Å². The minimum Gasteiger partial charge on any atom is -0.394 e. The van der Waals surface area contributed by atoms with Crippen LogP contribution in [0.1, 0.15) is 44.3 Å². The van der Waals surface area contributed by atoms with E-state index in [0.29, 0.717) is 5.75 Å². The number of carbonyl (C=O) groups excluding carboxylic acids is 2.